The molecule has 0 fully saturated rings. The molecule has 2 aromatic rings. The number of aryl methyl sites for hydroxylation is 2. The lowest BCUT2D eigenvalue weighted by Crippen LogP contribution is -2.10. The first kappa shape index (κ1) is 18.6. The van der Waals surface area contributed by atoms with Gasteiger partial charge in [-0.3, -0.25) is 4.79 Å². The van der Waals surface area contributed by atoms with Crippen molar-refractivity contribution in [3.8, 4) is 0 Å². The number of allylic oxidation sites excluding steroid dienone is 1. The van der Waals surface area contributed by atoms with Crippen molar-refractivity contribution in [1.29, 1.82) is 0 Å². The highest BCUT2D eigenvalue weighted by atomic mass is 16.1. The molecular weight excluding hydrogens is 318 g/mol. The van der Waals surface area contributed by atoms with Gasteiger partial charge in [-0.25, -0.2) is 0 Å². The lowest BCUT2D eigenvalue weighted by Gasteiger charge is -2.13. The molecule has 0 unspecified atom stereocenters. The van der Waals surface area contributed by atoms with Gasteiger partial charge in [0.15, 0.2) is 5.78 Å². The van der Waals surface area contributed by atoms with Gasteiger partial charge in [0, 0.05) is 12.0 Å². The number of unbranched alkanes of at least 4 members (excludes halogenated alkanes) is 1. The van der Waals surface area contributed by atoms with Crippen LogP contribution in [0.3, 0.4) is 0 Å². The topological polar surface area (TPSA) is 29.1 Å². The Morgan fingerprint density at radius 1 is 1.08 bits per heavy atom. The maximum Gasteiger partial charge on any atom is 0.162 e. The molecule has 2 nitrogen and oxygen atoms in total. The molecule has 1 aliphatic rings. The van der Waals surface area contributed by atoms with Crippen molar-refractivity contribution in [3.05, 3.63) is 76.4 Å². The maximum absolute atomic E-state index is 12.5. The van der Waals surface area contributed by atoms with E-state index in [1.165, 1.54) is 27.8 Å². The summed E-state index contributed by atoms with van der Waals surface area (Å²) in [7, 11) is 1.93. The third kappa shape index (κ3) is 4.13. The predicted molar refractivity (Wildman–Crippen MR) is 110 cm³/mol. The number of nitrogens with one attached hydrogen (secondary N) is 1. The van der Waals surface area contributed by atoms with Gasteiger partial charge in [0.2, 0.25) is 0 Å². The smallest absolute Gasteiger partial charge is 0.162 e. The number of hydrogen-bond donors (Lipinski definition) is 1. The third-order valence-electron chi connectivity index (χ3n) is 5.16. The van der Waals surface area contributed by atoms with E-state index in [9.17, 15) is 4.79 Å². The second kappa shape index (κ2) is 8.95. The molecule has 1 aliphatic carbocycles. The summed E-state index contributed by atoms with van der Waals surface area (Å²) < 4.78 is 0. The van der Waals surface area contributed by atoms with Crippen molar-refractivity contribution in [2.24, 2.45) is 0 Å². The monoisotopic (exact) mass is 347 g/mol. The van der Waals surface area contributed by atoms with E-state index in [1.807, 2.05) is 13.1 Å². The molecule has 0 radical (unpaired) electrons. The maximum atomic E-state index is 12.5. The van der Waals surface area contributed by atoms with Crippen molar-refractivity contribution in [2.45, 2.75) is 45.4 Å². The van der Waals surface area contributed by atoms with Gasteiger partial charge in [-0.1, -0.05) is 55.8 Å². The van der Waals surface area contributed by atoms with Gasteiger partial charge in [-0.05, 0) is 73.2 Å². The Hall–Kier alpha value is -2.19. The number of ketones is 1. The summed E-state index contributed by atoms with van der Waals surface area (Å²) in [5.41, 5.74) is 7.57. The van der Waals surface area contributed by atoms with E-state index in [1.54, 1.807) is 0 Å². The molecule has 2 heteroatoms. The van der Waals surface area contributed by atoms with Crippen LogP contribution in [0.25, 0.3) is 5.57 Å². The summed E-state index contributed by atoms with van der Waals surface area (Å²) in [4.78, 5) is 12.5. The zero-order valence-corrected chi connectivity index (χ0v) is 16.0. The van der Waals surface area contributed by atoms with Crippen LogP contribution in [0.4, 0.5) is 0 Å². The Morgan fingerprint density at radius 2 is 1.85 bits per heavy atom. The molecule has 26 heavy (non-hydrogen) atoms. The van der Waals surface area contributed by atoms with Crippen LogP contribution in [0.15, 0.2) is 48.5 Å². The first-order chi connectivity index (χ1) is 12.7. The van der Waals surface area contributed by atoms with Crippen LogP contribution in [0.2, 0.25) is 0 Å². The summed E-state index contributed by atoms with van der Waals surface area (Å²) >= 11 is 0. The quantitative estimate of drug-likeness (QED) is 0.551. The van der Waals surface area contributed by atoms with Gasteiger partial charge in [0.05, 0.1) is 0 Å². The first-order valence-electron chi connectivity index (χ1n) is 9.84. The van der Waals surface area contributed by atoms with Gasteiger partial charge >= 0.3 is 0 Å². The molecule has 0 atom stereocenters. The molecule has 0 heterocycles. The van der Waals surface area contributed by atoms with Gasteiger partial charge in [-0.2, -0.15) is 0 Å². The molecule has 0 saturated carbocycles. The Labute approximate surface area is 157 Å². The minimum absolute atomic E-state index is 0.254. The Morgan fingerprint density at radius 3 is 2.65 bits per heavy atom. The predicted octanol–water partition coefficient (Wildman–Crippen LogP) is 5.20. The molecule has 2 aromatic carbocycles. The number of carbonyl (C=O) groups is 1. The minimum atomic E-state index is 0.254. The van der Waals surface area contributed by atoms with Crippen molar-refractivity contribution in [1.82, 2.24) is 5.32 Å². The molecule has 0 saturated heterocycles. The molecule has 0 bridgehead atoms. The largest absolute Gasteiger partial charge is 0.320 e. The average molecular weight is 348 g/mol. The lowest BCUT2D eigenvalue weighted by atomic mass is 9.91. The third-order valence-corrected chi connectivity index (χ3v) is 5.16. The van der Waals surface area contributed by atoms with Crippen LogP contribution in [-0.4, -0.2) is 19.4 Å². The zero-order valence-electron chi connectivity index (χ0n) is 16.0. The second-order valence-corrected chi connectivity index (χ2v) is 7.07. The lowest BCUT2D eigenvalue weighted by molar-refractivity contribution is 0.0980. The Balaban J connectivity index is 1.96. The average Bonchev–Trinajstić information content (AvgIpc) is 2.83. The van der Waals surface area contributed by atoms with Gasteiger partial charge in [0.25, 0.3) is 0 Å². The first-order valence-corrected chi connectivity index (χ1v) is 9.84. The molecule has 0 aliphatic heterocycles. The number of rotatable bonds is 7. The molecular formula is C24H29NO. The van der Waals surface area contributed by atoms with Crippen molar-refractivity contribution in [2.75, 3.05) is 13.6 Å². The van der Waals surface area contributed by atoms with Crippen molar-refractivity contribution < 1.29 is 4.79 Å². The molecule has 0 spiro atoms. The summed E-state index contributed by atoms with van der Waals surface area (Å²) in [5, 5.41) is 3.11. The van der Waals surface area contributed by atoms with E-state index in [0.29, 0.717) is 6.42 Å². The van der Waals surface area contributed by atoms with Crippen LogP contribution in [0.5, 0.6) is 0 Å². The second-order valence-electron chi connectivity index (χ2n) is 7.07. The standard InChI is InChI=1S/C24H29NO/c1-3-4-9-23-21-10-6-5-8-18(21)12-13-19-17-20(14-15-22(19)23)24(26)11-7-16-25-2/h5-6,8-10,14-15,17,25H,3-4,7,11-13,16H2,1-2H3/b23-9+. The molecule has 1 N–H and O–H groups in total. The van der Waals surface area contributed by atoms with Crippen LogP contribution in [-0.2, 0) is 12.8 Å². The highest BCUT2D eigenvalue weighted by molar-refractivity contribution is 5.97. The van der Waals surface area contributed by atoms with Crippen LogP contribution >= 0.6 is 0 Å². The van der Waals surface area contributed by atoms with Gasteiger partial charge in [-0.15, -0.1) is 0 Å². The Kier molecular flexibility index (Phi) is 6.40. The van der Waals surface area contributed by atoms with Gasteiger partial charge < -0.3 is 5.32 Å². The SMILES string of the molecule is CCC/C=C1\c2ccccc2CCc2cc(C(=O)CCCNC)ccc21. The summed E-state index contributed by atoms with van der Waals surface area (Å²) in [6, 6.07) is 15.1. The van der Waals surface area contributed by atoms with Crippen LogP contribution in [0, 0.1) is 0 Å². The summed E-state index contributed by atoms with van der Waals surface area (Å²) in [5.74, 6) is 0.254. The number of carbonyl (C=O) groups excluding carboxylic acids is 1. The van der Waals surface area contributed by atoms with Crippen LogP contribution in [0.1, 0.15) is 65.2 Å². The number of fused-ring (bicyclic) bond motifs is 2. The number of Topliss-reactive ketones (excluding diaryl/α,β-unsaturated/α-hetero) is 1. The normalized spacial score (nSPS) is 14.6. The van der Waals surface area contributed by atoms with E-state index < -0.39 is 0 Å². The molecule has 136 valence electrons. The fourth-order valence-corrected chi connectivity index (χ4v) is 3.73. The highest BCUT2D eigenvalue weighted by Crippen LogP contribution is 2.34. The van der Waals surface area contributed by atoms with E-state index >= 15 is 0 Å². The molecule has 0 amide bonds. The fraction of sp³-hybridized carbons (Fsp3) is 0.375. The number of hydrogen-bond acceptors (Lipinski definition) is 2. The highest BCUT2D eigenvalue weighted by Gasteiger charge is 2.19. The summed E-state index contributed by atoms with van der Waals surface area (Å²) in [6.07, 6.45) is 8.11. The zero-order chi connectivity index (χ0) is 18.4. The minimum Gasteiger partial charge on any atom is -0.320 e. The fourth-order valence-electron chi connectivity index (χ4n) is 3.73. The van der Waals surface area contributed by atoms with Crippen LogP contribution < -0.4 is 5.32 Å². The Bertz CT molecular complexity index is 804. The van der Waals surface area contributed by atoms with Crippen molar-refractivity contribution in [3.63, 3.8) is 0 Å². The number of benzene rings is 2. The van der Waals surface area contributed by atoms with Crippen molar-refractivity contribution >= 4 is 11.4 Å². The molecule has 3 rings (SSSR count). The van der Waals surface area contributed by atoms with Gasteiger partial charge in [0.1, 0.15) is 0 Å². The molecule has 0 aromatic heterocycles. The summed E-state index contributed by atoms with van der Waals surface area (Å²) in [6.45, 7) is 3.10. The van der Waals surface area contributed by atoms with E-state index in [2.05, 4.69) is 54.7 Å². The van der Waals surface area contributed by atoms with E-state index in [-0.39, 0.29) is 5.78 Å². The van der Waals surface area contributed by atoms with E-state index in [0.717, 1.165) is 44.2 Å². The van der Waals surface area contributed by atoms with E-state index in [4.69, 9.17) is 0 Å².